The summed E-state index contributed by atoms with van der Waals surface area (Å²) < 4.78 is 9.11. The fraction of sp³-hybridized carbons (Fsp3) is 0.571. The Kier molecular flexibility index (Phi) is 4.50. The van der Waals surface area contributed by atoms with Gasteiger partial charge in [-0.15, -0.1) is 0 Å². The van der Waals surface area contributed by atoms with Crippen LogP contribution in [0.2, 0.25) is 0 Å². The molecule has 0 radical (unpaired) electrons. The summed E-state index contributed by atoms with van der Waals surface area (Å²) in [4.78, 5) is 11.0. The number of carbonyl (C=O) groups excluding carboxylic acids is 1. The van der Waals surface area contributed by atoms with Gasteiger partial charge in [-0.2, -0.15) is 0 Å². The topological polar surface area (TPSA) is 109 Å². The molecular formula is C7H13N3O3. The van der Waals surface area contributed by atoms with E-state index in [9.17, 15) is 4.79 Å². The van der Waals surface area contributed by atoms with Gasteiger partial charge in [0, 0.05) is 0 Å². The van der Waals surface area contributed by atoms with Crippen LogP contribution in [-0.2, 0) is 14.3 Å². The molecule has 13 heavy (non-hydrogen) atoms. The Morgan fingerprint density at radius 2 is 2.08 bits per heavy atom. The summed E-state index contributed by atoms with van der Waals surface area (Å²) in [5, 5.41) is 14.3. The van der Waals surface area contributed by atoms with E-state index in [-0.39, 0.29) is 12.5 Å². The number of ether oxygens (including phenoxy) is 2. The molecule has 0 aromatic heterocycles. The summed E-state index contributed by atoms with van der Waals surface area (Å²) in [5.74, 6) is -2.79. The third-order valence-electron chi connectivity index (χ3n) is 1.31. The number of carbonyl (C=O) groups is 1. The van der Waals surface area contributed by atoms with E-state index in [0.29, 0.717) is 0 Å². The van der Waals surface area contributed by atoms with Crippen LogP contribution in [0.1, 0.15) is 6.92 Å². The molecule has 6 heteroatoms. The van der Waals surface area contributed by atoms with E-state index >= 15 is 0 Å². The largest absolute Gasteiger partial charge is 0.480 e. The van der Waals surface area contributed by atoms with Gasteiger partial charge in [-0.1, -0.05) is 0 Å². The number of nitrogens with one attached hydrogen (secondary N) is 2. The molecule has 0 fully saturated rings. The number of nitrogens with two attached hydrogens (primary N) is 1. The van der Waals surface area contributed by atoms with Gasteiger partial charge < -0.3 is 15.2 Å². The molecule has 0 saturated heterocycles. The Morgan fingerprint density at radius 3 is 2.38 bits per heavy atom. The van der Waals surface area contributed by atoms with E-state index in [1.807, 2.05) is 0 Å². The second-order valence-corrected chi connectivity index (χ2v) is 2.21. The SMILES string of the molecule is CCOC(=N)C(C(=N)N)C(=O)OC. The second kappa shape index (κ2) is 5.13. The molecule has 74 valence electrons. The fourth-order valence-corrected chi connectivity index (χ4v) is 0.732. The molecular weight excluding hydrogens is 174 g/mol. The van der Waals surface area contributed by atoms with Crippen LogP contribution in [0.25, 0.3) is 0 Å². The highest BCUT2D eigenvalue weighted by Crippen LogP contribution is 2.02. The van der Waals surface area contributed by atoms with E-state index in [1.54, 1.807) is 6.92 Å². The smallest absolute Gasteiger partial charge is 0.325 e. The number of methoxy groups -OCH3 is 1. The lowest BCUT2D eigenvalue weighted by atomic mass is 10.1. The predicted octanol–water partition coefficient (Wildman–Crippen LogP) is -0.275. The first kappa shape index (κ1) is 11.4. The minimum absolute atomic E-state index is 0.250. The van der Waals surface area contributed by atoms with Crippen molar-refractivity contribution in [1.82, 2.24) is 0 Å². The first-order valence-corrected chi connectivity index (χ1v) is 3.67. The minimum Gasteiger partial charge on any atom is -0.480 e. The molecule has 1 unspecified atom stereocenters. The second-order valence-electron chi connectivity index (χ2n) is 2.21. The Balaban J connectivity index is 4.51. The maximum atomic E-state index is 11.0. The van der Waals surface area contributed by atoms with Crippen molar-refractivity contribution in [2.75, 3.05) is 13.7 Å². The standard InChI is InChI=1S/C7H13N3O3/c1-3-13-6(10)4(5(8)9)7(11)12-2/h4,10H,3H2,1-2H3,(H3,8,9). The zero-order valence-electron chi connectivity index (χ0n) is 7.59. The van der Waals surface area contributed by atoms with Crippen LogP contribution in [0.5, 0.6) is 0 Å². The van der Waals surface area contributed by atoms with Crippen LogP contribution in [-0.4, -0.2) is 31.4 Å². The molecule has 0 spiro atoms. The fourth-order valence-electron chi connectivity index (χ4n) is 0.732. The summed E-state index contributed by atoms with van der Waals surface area (Å²) in [6, 6.07) is 0. The molecule has 0 bridgehead atoms. The molecule has 6 nitrogen and oxygen atoms in total. The van der Waals surface area contributed by atoms with Crippen LogP contribution in [0, 0.1) is 16.7 Å². The average molecular weight is 187 g/mol. The molecule has 0 amide bonds. The van der Waals surface area contributed by atoms with Crippen LogP contribution in [0.3, 0.4) is 0 Å². The maximum absolute atomic E-state index is 11.0. The number of esters is 1. The van der Waals surface area contributed by atoms with Gasteiger partial charge >= 0.3 is 5.97 Å². The van der Waals surface area contributed by atoms with E-state index in [4.69, 9.17) is 21.3 Å². The molecule has 0 rings (SSSR count). The van der Waals surface area contributed by atoms with Gasteiger partial charge in [0.05, 0.1) is 13.7 Å². The number of amidine groups is 1. The lowest BCUT2D eigenvalue weighted by Gasteiger charge is -2.13. The van der Waals surface area contributed by atoms with E-state index < -0.39 is 17.7 Å². The van der Waals surface area contributed by atoms with Gasteiger partial charge in [-0.05, 0) is 6.92 Å². The van der Waals surface area contributed by atoms with E-state index in [1.165, 1.54) is 0 Å². The number of hydrogen-bond acceptors (Lipinski definition) is 5. The summed E-state index contributed by atoms with van der Waals surface area (Å²) in [7, 11) is 1.16. The Bertz CT molecular complexity index is 227. The number of hydrogen-bond donors (Lipinski definition) is 3. The normalized spacial score (nSPS) is 11.5. The molecule has 0 aliphatic heterocycles. The molecule has 4 N–H and O–H groups in total. The van der Waals surface area contributed by atoms with Crippen LogP contribution < -0.4 is 5.73 Å². The van der Waals surface area contributed by atoms with Crippen LogP contribution in [0.15, 0.2) is 0 Å². The van der Waals surface area contributed by atoms with E-state index in [0.717, 1.165) is 7.11 Å². The molecule has 1 atom stereocenters. The van der Waals surface area contributed by atoms with Crippen molar-refractivity contribution in [1.29, 1.82) is 10.8 Å². The molecule has 0 aromatic carbocycles. The first-order valence-electron chi connectivity index (χ1n) is 3.67. The van der Waals surface area contributed by atoms with Crippen molar-refractivity contribution in [2.45, 2.75) is 6.92 Å². The van der Waals surface area contributed by atoms with Gasteiger partial charge in [0.1, 0.15) is 5.84 Å². The maximum Gasteiger partial charge on any atom is 0.325 e. The van der Waals surface area contributed by atoms with E-state index in [2.05, 4.69) is 4.74 Å². The quantitative estimate of drug-likeness (QED) is 0.319. The third kappa shape index (κ3) is 3.10. The van der Waals surface area contributed by atoms with Gasteiger partial charge in [-0.25, -0.2) is 0 Å². The highest BCUT2D eigenvalue weighted by molar-refractivity contribution is 6.15. The lowest BCUT2D eigenvalue weighted by molar-refractivity contribution is -0.141. The zero-order valence-corrected chi connectivity index (χ0v) is 7.59. The van der Waals surface area contributed by atoms with Crippen LogP contribution >= 0.6 is 0 Å². The third-order valence-corrected chi connectivity index (χ3v) is 1.31. The lowest BCUT2D eigenvalue weighted by Crippen LogP contribution is -2.37. The Morgan fingerprint density at radius 1 is 1.54 bits per heavy atom. The van der Waals surface area contributed by atoms with Crippen molar-refractivity contribution < 1.29 is 14.3 Å². The molecule has 0 aromatic rings. The minimum atomic E-state index is -1.22. The summed E-state index contributed by atoms with van der Waals surface area (Å²) in [5.41, 5.74) is 5.11. The van der Waals surface area contributed by atoms with Gasteiger partial charge in [0.25, 0.3) is 0 Å². The zero-order chi connectivity index (χ0) is 10.4. The average Bonchev–Trinajstić information content (AvgIpc) is 2.04. The molecule has 0 aliphatic carbocycles. The van der Waals surface area contributed by atoms with Crippen molar-refractivity contribution in [3.8, 4) is 0 Å². The molecule has 0 aliphatic rings. The van der Waals surface area contributed by atoms with Crippen LogP contribution in [0.4, 0.5) is 0 Å². The Labute approximate surface area is 76.0 Å². The summed E-state index contributed by atoms with van der Waals surface area (Å²) in [6.45, 7) is 1.92. The first-order chi connectivity index (χ1) is 6.04. The van der Waals surface area contributed by atoms with Gasteiger partial charge in [0.15, 0.2) is 5.92 Å². The summed E-state index contributed by atoms with van der Waals surface area (Å²) in [6.07, 6.45) is 0. The highest BCUT2D eigenvalue weighted by atomic mass is 16.5. The molecule has 0 heterocycles. The highest BCUT2D eigenvalue weighted by Gasteiger charge is 2.28. The van der Waals surface area contributed by atoms with Crippen molar-refractivity contribution in [3.63, 3.8) is 0 Å². The van der Waals surface area contributed by atoms with Gasteiger partial charge in [-0.3, -0.25) is 15.6 Å². The van der Waals surface area contributed by atoms with Crippen molar-refractivity contribution in [2.24, 2.45) is 11.7 Å². The van der Waals surface area contributed by atoms with Crippen molar-refractivity contribution >= 4 is 17.7 Å². The Hall–Kier alpha value is -1.59. The summed E-state index contributed by atoms with van der Waals surface area (Å²) >= 11 is 0. The predicted molar refractivity (Wildman–Crippen MR) is 46.8 cm³/mol. The monoisotopic (exact) mass is 187 g/mol. The van der Waals surface area contributed by atoms with Gasteiger partial charge in [0.2, 0.25) is 5.90 Å². The number of rotatable bonds is 4. The van der Waals surface area contributed by atoms with Crippen molar-refractivity contribution in [3.05, 3.63) is 0 Å². The molecule has 0 saturated carbocycles.